The van der Waals surface area contributed by atoms with E-state index < -0.39 is 0 Å². The fourth-order valence-corrected chi connectivity index (χ4v) is 10.8. The predicted molar refractivity (Wildman–Crippen MR) is 252 cm³/mol. The van der Waals surface area contributed by atoms with Gasteiger partial charge in [0.1, 0.15) is 12.1 Å². The van der Waals surface area contributed by atoms with E-state index >= 15 is 0 Å². The number of nitrogens with zero attached hydrogens (tertiary/aromatic N) is 6. The first-order chi connectivity index (χ1) is 30.7. The zero-order chi connectivity index (χ0) is 41.1. The molecule has 288 valence electrons. The highest BCUT2D eigenvalue weighted by Gasteiger charge is 2.43. The molecule has 0 radical (unpaired) electrons. The van der Waals surface area contributed by atoms with Gasteiger partial charge in [0.15, 0.2) is 0 Å². The van der Waals surface area contributed by atoms with Gasteiger partial charge in [0.2, 0.25) is 0 Å². The van der Waals surface area contributed by atoms with Crippen LogP contribution in [0, 0.1) is 22.7 Å². The first-order valence-electron chi connectivity index (χ1n) is 21.0. The smallest absolute Gasteiger partial charge is 0.101 e. The highest BCUT2D eigenvalue weighted by molar-refractivity contribution is 6.28. The lowest BCUT2D eigenvalue weighted by molar-refractivity contribution is 0.674. The van der Waals surface area contributed by atoms with E-state index in [9.17, 15) is 10.5 Å². The molecule has 0 N–H and O–H groups in total. The third kappa shape index (κ3) is 4.55. The Morgan fingerprint density at radius 1 is 0.500 bits per heavy atom. The Hall–Kier alpha value is -8.58. The molecule has 0 saturated heterocycles. The van der Waals surface area contributed by atoms with Crippen LogP contribution in [0.25, 0.3) is 60.8 Å². The maximum absolute atomic E-state index is 10.4. The van der Waals surface area contributed by atoms with Crippen LogP contribution in [0.2, 0.25) is 0 Å². The molecule has 2 unspecified atom stereocenters. The molecule has 6 heteroatoms. The number of fused-ring (bicyclic) bond motifs is 12. The minimum absolute atomic E-state index is 0.00890. The molecule has 1 aliphatic heterocycles. The van der Waals surface area contributed by atoms with Gasteiger partial charge in [-0.05, 0) is 84.4 Å². The zero-order valence-corrected chi connectivity index (χ0v) is 33.3. The van der Waals surface area contributed by atoms with Gasteiger partial charge in [-0.1, -0.05) is 115 Å². The molecule has 0 bridgehead atoms. The summed E-state index contributed by atoms with van der Waals surface area (Å²) in [7, 11) is 0. The first kappa shape index (κ1) is 34.3. The summed E-state index contributed by atoms with van der Waals surface area (Å²) in [4.78, 5) is 4.60. The van der Waals surface area contributed by atoms with Gasteiger partial charge in [-0.15, -0.1) is 0 Å². The first-order valence-corrected chi connectivity index (χ1v) is 21.0. The average molecular weight is 791 g/mol. The molecule has 0 fully saturated rings. The van der Waals surface area contributed by atoms with Crippen LogP contribution >= 0.6 is 0 Å². The van der Waals surface area contributed by atoms with Crippen LogP contribution in [0.1, 0.15) is 33.9 Å². The van der Waals surface area contributed by atoms with Gasteiger partial charge in [0.25, 0.3) is 0 Å². The molecule has 8 aromatic carbocycles. The van der Waals surface area contributed by atoms with E-state index in [2.05, 4.69) is 170 Å². The number of benzene rings is 8. The van der Waals surface area contributed by atoms with Crippen LogP contribution in [-0.2, 0) is 0 Å². The van der Waals surface area contributed by atoms with Crippen molar-refractivity contribution in [3.63, 3.8) is 0 Å². The highest BCUT2D eigenvalue weighted by Crippen LogP contribution is 2.54. The van der Waals surface area contributed by atoms with Crippen molar-refractivity contribution >= 4 is 83.5 Å². The van der Waals surface area contributed by atoms with Crippen molar-refractivity contribution in [1.82, 2.24) is 8.97 Å². The molecule has 0 amide bonds. The maximum Gasteiger partial charge on any atom is 0.101 e. The Bertz CT molecular complexity index is 3750. The van der Waals surface area contributed by atoms with Crippen LogP contribution in [0.15, 0.2) is 188 Å². The standard InChI is InChI=1S/C56H34N6/c57-33-35-15-7-11-23-45(35)59(37-17-3-1-4-18-37)49-29-27-39-43-31-52-44(32-51(43)61-47-25-13-9-21-41(47)53(49)55(39)61)40-28-30-50(54-42-22-10-14-26-48(42)62(52)56(40)54)60(38-19-5-2-6-20-38)46-24-12-8-16-36(46)34-58/h1-32,49,53H. The Balaban J connectivity index is 1.09. The average Bonchev–Trinajstić information content (AvgIpc) is 4.06. The topological polar surface area (TPSA) is 63.4 Å². The van der Waals surface area contributed by atoms with Crippen LogP contribution in [0.4, 0.5) is 28.4 Å². The van der Waals surface area contributed by atoms with Crippen LogP contribution in [0.5, 0.6) is 0 Å². The van der Waals surface area contributed by atoms with Gasteiger partial charge in [-0.25, -0.2) is 0 Å². The molecule has 11 aromatic rings. The summed E-state index contributed by atoms with van der Waals surface area (Å²) >= 11 is 0. The van der Waals surface area contributed by atoms with Gasteiger partial charge in [-0.3, -0.25) is 0 Å². The zero-order valence-electron chi connectivity index (χ0n) is 33.3. The van der Waals surface area contributed by atoms with E-state index in [0.29, 0.717) is 11.1 Å². The van der Waals surface area contributed by atoms with E-state index in [1.807, 2.05) is 54.6 Å². The number of para-hydroxylation sites is 6. The van der Waals surface area contributed by atoms with Gasteiger partial charge < -0.3 is 18.8 Å². The second-order valence-electron chi connectivity index (χ2n) is 16.2. The summed E-state index contributed by atoms with van der Waals surface area (Å²) in [6.45, 7) is 0. The van der Waals surface area contributed by atoms with E-state index in [4.69, 9.17) is 0 Å². The Morgan fingerprint density at radius 2 is 1.15 bits per heavy atom. The fourth-order valence-electron chi connectivity index (χ4n) is 10.8. The van der Waals surface area contributed by atoms with E-state index in [0.717, 1.165) is 50.2 Å². The van der Waals surface area contributed by atoms with Gasteiger partial charge in [-0.2, -0.15) is 10.5 Å². The van der Waals surface area contributed by atoms with Crippen molar-refractivity contribution in [2.75, 3.05) is 9.80 Å². The minimum atomic E-state index is -0.0937. The van der Waals surface area contributed by atoms with Crippen LogP contribution in [-0.4, -0.2) is 15.0 Å². The number of nitriles is 2. The predicted octanol–water partition coefficient (Wildman–Crippen LogP) is 13.7. The second-order valence-corrected chi connectivity index (χ2v) is 16.2. The van der Waals surface area contributed by atoms with Crippen molar-refractivity contribution in [2.45, 2.75) is 12.0 Å². The summed E-state index contributed by atoms with van der Waals surface area (Å²) in [5, 5.41) is 26.6. The molecular weight excluding hydrogens is 757 g/mol. The molecule has 4 heterocycles. The minimum Gasteiger partial charge on any atom is -0.332 e. The largest absolute Gasteiger partial charge is 0.332 e. The summed E-state index contributed by atoms with van der Waals surface area (Å²) in [5.41, 5.74) is 15.7. The SMILES string of the molecule is N#Cc1ccccc1N(c1ccccc1)c1ccc2c3cc4c(cc3n3c5ccccc5c1c23)c1c2n4-c3ccccc3C2C(N(c2ccccc2)c2ccccc2C#N)C=C1. The maximum atomic E-state index is 10.4. The quantitative estimate of drug-likeness (QED) is 0.168. The fraction of sp³-hybridized carbons (Fsp3) is 0.0357. The van der Waals surface area contributed by atoms with E-state index in [1.165, 1.54) is 49.7 Å². The lowest BCUT2D eigenvalue weighted by Gasteiger charge is -2.38. The number of hydrogen-bond acceptors (Lipinski definition) is 4. The molecule has 6 nitrogen and oxygen atoms in total. The normalized spacial score (nSPS) is 15.0. The lowest BCUT2D eigenvalue weighted by Crippen LogP contribution is -2.36. The summed E-state index contributed by atoms with van der Waals surface area (Å²) in [5.74, 6) is 0.00890. The summed E-state index contributed by atoms with van der Waals surface area (Å²) in [6.07, 6.45) is 4.68. The number of anilines is 5. The van der Waals surface area contributed by atoms with Crippen molar-refractivity contribution in [2.24, 2.45) is 0 Å². The third-order valence-electron chi connectivity index (χ3n) is 13.2. The van der Waals surface area contributed by atoms with Gasteiger partial charge in [0, 0.05) is 55.3 Å². The van der Waals surface area contributed by atoms with Gasteiger partial charge >= 0.3 is 0 Å². The molecule has 0 spiro atoms. The molecular formula is C56H34N6. The van der Waals surface area contributed by atoms with Crippen molar-refractivity contribution in [3.8, 4) is 17.8 Å². The highest BCUT2D eigenvalue weighted by atomic mass is 15.2. The number of aromatic nitrogens is 2. The number of hydrogen-bond donors (Lipinski definition) is 0. The molecule has 2 atom stereocenters. The van der Waals surface area contributed by atoms with Crippen molar-refractivity contribution < 1.29 is 0 Å². The van der Waals surface area contributed by atoms with Crippen molar-refractivity contribution in [3.05, 3.63) is 216 Å². The Morgan fingerprint density at radius 3 is 1.94 bits per heavy atom. The summed E-state index contributed by atoms with van der Waals surface area (Å²) < 4.78 is 4.97. The van der Waals surface area contributed by atoms with Gasteiger partial charge in [0.05, 0.1) is 62.2 Å². The third-order valence-corrected chi connectivity index (χ3v) is 13.2. The summed E-state index contributed by atoms with van der Waals surface area (Å²) in [6, 6.07) is 68.4. The monoisotopic (exact) mass is 790 g/mol. The molecule has 3 aromatic heterocycles. The molecule has 1 aliphatic carbocycles. The molecule has 0 saturated carbocycles. The Labute approximate surface area is 357 Å². The van der Waals surface area contributed by atoms with E-state index in [1.54, 1.807) is 0 Å². The van der Waals surface area contributed by atoms with Crippen molar-refractivity contribution in [1.29, 1.82) is 10.5 Å². The van der Waals surface area contributed by atoms with E-state index in [-0.39, 0.29) is 12.0 Å². The van der Waals surface area contributed by atoms with Crippen LogP contribution < -0.4 is 9.80 Å². The molecule has 13 rings (SSSR count). The molecule has 62 heavy (non-hydrogen) atoms. The van der Waals surface area contributed by atoms with Crippen LogP contribution in [0.3, 0.4) is 0 Å². The Kier molecular flexibility index (Phi) is 7.17. The number of rotatable bonds is 6. The molecule has 2 aliphatic rings. The second kappa shape index (κ2) is 13.0. The lowest BCUT2D eigenvalue weighted by atomic mass is 9.82.